The number of carbonyl (C=O) groups excluding carboxylic acids is 2. The van der Waals surface area contributed by atoms with Crippen molar-refractivity contribution < 1.29 is 19.1 Å². The van der Waals surface area contributed by atoms with E-state index in [1.54, 1.807) is 0 Å². The molecule has 0 saturated heterocycles. The van der Waals surface area contributed by atoms with E-state index >= 15 is 0 Å². The molecule has 6 heteroatoms. The van der Waals surface area contributed by atoms with Crippen molar-refractivity contribution in [1.29, 1.82) is 0 Å². The molecule has 6 rings (SSSR count). The van der Waals surface area contributed by atoms with Crippen molar-refractivity contribution in [2.24, 2.45) is 0 Å². The third-order valence-corrected chi connectivity index (χ3v) is 8.33. The van der Waals surface area contributed by atoms with E-state index in [0.717, 1.165) is 56.0 Å². The Balaban J connectivity index is 1.32. The molecule has 0 aliphatic heterocycles. The van der Waals surface area contributed by atoms with Gasteiger partial charge in [-0.3, -0.25) is 9.59 Å². The van der Waals surface area contributed by atoms with Crippen LogP contribution in [0.5, 0.6) is 0 Å². The maximum absolute atomic E-state index is 11.7. The fourth-order valence-electron chi connectivity index (χ4n) is 5.77. The van der Waals surface area contributed by atoms with E-state index in [9.17, 15) is 9.59 Å². The van der Waals surface area contributed by atoms with Crippen LogP contribution < -0.4 is 9.80 Å². The van der Waals surface area contributed by atoms with E-state index in [-0.39, 0.29) is 11.9 Å². The minimum Gasteiger partial charge on any atom is -0.469 e. The number of hydrogen-bond donors (Lipinski definition) is 0. The van der Waals surface area contributed by atoms with Gasteiger partial charge in [0.15, 0.2) is 0 Å². The van der Waals surface area contributed by atoms with E-state index in [1.807, 2.05) is 36.4 Å². The van der Waals surface area contributed by atoms with Crippen LogP contribution in [0.3, 0.4) is 0 Å². The van der Waals surface area contributed by atoms with E-state index in [0.29, 0.717) is 25.7 Å². The standard InChI is InChI=1S/C42H37N2O4/c1-47-41(45)27-17-31-13-21-37(22-14-31)43(35-9-5-3-6-10-35)39-25-19-34-30-40(26-20-33(34)29-39)44(36-11-7-4-8-12-36)38-23-15-32(16-24-38)18-28-42(46)48-2/h3-16,19-26,29H,17-18,27-28H2,1-2H3. The summed E-state index contributed by atoms with van der Waals surface area (Å²) in [6.45, 7) is 0. The molecule has 0 heterocycles. The van der Waals surface area contributed by atoms with Gasteiger partial charge in [0, 0.05) is 47.3 Å². The van der Waals surface area contributed by atoms with Crippen LogP contribution in [0.4, 0.5) is 34.1 Å². The molecule has 6 aromatic carbocycles. The molecule has 0 N–H and O–H groups in total. The molecular formula is C42H37N2O4. The third kappa shape index (κ3) is 7.56. The lowest BCUT2D eigenvalue weighted by Crippen LogP contribution is -2.11. The van der Waals surface area contributed by atoms with E-state index in [2.05, 4.69) is 119 Å². The van der Waals surface area contributed by atoms with E-state index < -0.39 is 0 Å². The number of ether oxygens (including phenoxy) is 2. The second kappa shape index (κ2) is 15.1. The molecule has 0 atom stereocenters. The average Bonchev–Trinajstić information content (AvgIpc) is 3.15. The lowest BCUT2D eigenvalue weighted by molar-refractivity contribution is -0.141. The minimum absolute atomic E-state index is 0.210. The Labute approximate surface area is 281 Å². The number of nitrogens with zero attached hydrogens (tertiary/aromatic N) is 2. The van der Waals surface area contributed by atoms with Gasteiger partial charge in [-0.05, 0) is 101 Å². The van der Waals surface area contributed by atoms with Crippen molar-refractivity contribution in [2.75, 3.05) is 24.0 Å². The molecule has 6 aromatic rings. The zero-order valence-corrected chi connectivity index (χ0v) is 27.1. The highest BCUT2D eigenvalue weighted by Crippen LogP contribution is 2.39. The molecule has 6 nitrogen and oxygen atoms in total. The third-order valence-electron chi connectivity index (χ3n) is 8.33. The monoisotopic (exact) mass is 633 g/mol. The van der Waals surface area contributed by atoms with Gasteiger partial charge in [0.05, 0.1) is 19.9 Å². The number of methoxy groups -OCH3 is 2. The molecule has 0 aromatic heterocycles. The van der Waals surface area contributed by atoms with E-state index in [4.69, 9.17) is 9.47 Å². The van der Waals surface area contributed by atoms with Crippen LogP contribution in [0.2, 0.25) is 0 Å². The Morgan fingerprint density at radius 2 is 0.979 bits per heavy atom. The van der Waals surface area contributed by atoms with Crippen LogP contribution in [0.15, 0.2) is 140 Å². The number of aryl methyl sites for hydroxylation is 2. The smallest absolute Gasteiger partial charge is 0.305 e. The van der Waals surface area contributed by atoms with Crippen molar-refractivity contribution in [3.8, 4) is 0 Å². The molecule has 0 unspecified atom stereocenters. The lowest BCUT2D eigenvalue weighted by atomic mass is 10.0. The molecule has 48 heavy (non-hydrogen) atoms. The fourth-order valence-corrected chi connectivity index (χ4v) is 5.77. The number of rotatable bonds is 12. The predicted molar refractivity (Wildman–Crippen MR) is 193 cm³/mol. The number of anilines is 6. The van der Waals surface area contributed by atoms with Gasteiger partial charge in [0.2, 0.25) is 0 Å². The zero-order valence-electron chi connectivity index (χ0n) is 27.1. The zero-order chi connectivity index (χ0) is 33.3. The Bertz CT molecular complexity index is 1830. The van der Waals surface area contributed by atoms with Crippen LogP contribution in [0.1, 0.15) is 24.0 Å². The van der Waals surface area contributed by atoms with Crippen molar-refractivity contribution >= 4 is 56.8 Å². The van der Waals surface area contributed by atoms with Gasteiger partial charge >= 0.3 is 11.9 Å². The summed E-state index contributed by atoms with van der Waals surface area (Å²) in [5.74, 6) is -0.422. The summed E-state index contributed by atoms with van der Waals surface area (Å²) in [6, 6.07) is 51.5. The molecule has 0 fully saturated rings. The minimum atomic E-state index is -0.212. The summed E-state index contributed by atoms with van der Waals surface area (Å²) in [4.78, 5) is 27.7. The predicted octanol–water partition coefficient (Wildman–Crippen LogP) is 9.79. The quantitative estimate of drug-likeness (QED) is 0.125. The van der Waals surface area contributed by atoms with Crippen molar-refractivity contribution in [1.82, 2.24) is 0 Å². The number of benzene rings is 6. The summed E-state index contributed by atoms with van der Waals surface area (Å²) >= 11 is 0. The maximum atomic E-state index is 11.7. The van der Waals surface area contributed by atoms with Crippen molar-refractivity contribution in [3.05, 3.63) is 157 Å². The van der Waals surface area contributed by atoms with Crippen LogP contribution in [0.25, 0.3) is 10.8 Å². The van der Waals surface area contributed by atoms with Crippen molar-refractivity contribution in [3.63, 3.8) is 0 Å². The molecule has 0 amide bonds. The Morgan fingerprint density at radius 3 is 1.50 bits per heavy atom. The molecule has 0 saturated carbocycles. The van der Waals surface area contributed by atoms with Gasteiger partial charge < -0.3 is 19.3 Å². The molecule has 0 spiro atoms. The van der Waals surface area contributed by atoms with Crippen LogP contribution >= 0.6 is 0 Å². The van der Waals surface area contributed by atoms with Crippen LogP contribution in [0, 0.1) is 6.07 Å². The van der Waals surface area contributed by atoms with Crippen molar-refractivity contribution in [2.45, 2.75) is 25.7 Å². The van der Waals surface area contributed by atoms with Gasteiger partial charge in [-0.15, -0.1) is 0 Å². The largest absolute Gasteiger partial charge is 0.469 e. The first-order valence-electron chi connectivity index (χ1n) is 16.0. The van der Waals surface area contributed by atoms with Crippen LogP contribution in [-0.2, 0) is 31.9 Å². The Kier molecular flexibility index (Phi) is 10.1. The van der Waals surface area contributed by atoms with Crippen LogP contribution in [-0.4, -0.2) is 26.2 Å². The fraction of sp³-hybridized carbons (Fsp3) is 0.143. The molecule has 0 aliphatic rings. The van der Waals surface area contributed by atoms with Gasteiger partial charge in [0.1, 0.15) is 0 Å². The summed E-state index contributed by atoms with van der Waals surface area (Å²) in [5.41, 5.74) is 8.20. The summed E-state index contributed by atoms with van der Waals surface area (Å²) in [7, 11) is 2.83. The molecule has 0 bridgehead atoms. The van der Waals surface area contributed by atoms with Gasteiger partial charge in [0.25, 0.3) is 0 Å². The topological polar surface area (TPSA) is 59.1 Å². The second-order valence-electron chi connectivity index (χ2n) is 11.4. The molecule has 1 radical (unpaired) electrons. The Morgan fingerprint density at radius 1 is 0.521 bits per heavy atom. The van der Waals surface area contributed by atoms with Gasteiger partial charge in [-0.25, -0.2) is 0 Å². The maximum Gasteiger partial charge on any atom is 0.305 e. The summed E-state index contributed by atoms with van der Waals surface area (Å²) in [6.07, 6.45) is 1.96. The lowest BCUT2D eigenvalue weighted by Gasteiger charge is -2.27. The highest BCUT2D eigenvalue weighted by molar-refractivity contribution is 5.92. The number of fused-ring (bicyclic) bond motifs is 1. The first kappa shape index (κ1) is 32.1. The highest BCUT2D eigenvalue weighted by Gasteiger charge is 2.16. The number of esters is 2. The number of para-hydroxylation sites is 2. The number of carbonyl (C=O) groups is 2. The van der Waals surface area contributed by atoms with Gasteiger partial charge in [-0.2, -0.15) is 0 Å². The van der Waals surface area contributed by atoms with E-state index in [1.165, 1.54) is 14.2 Å². The summed E-state index contributed by atoms with van der Waals surface area (Å²) in [5, 5.41) is 2.07. The molecule has 239 valence electrons. The molecular weight excluding hydrogens is 596 g/mol. The first-order valence-corrected chi connectivity index (χ1v) is 16.0. The van der Waals surface area contributed by atoms with Gasteiger partial charge in [-0.1, -0.05) is 72.8 Å². The Hall–Kier alpha value is -5.88. The first-order chi connectivity index (χ1) is 23.5. The molecule has 0 aliphatic carbocycles. The average molecular weight is 634 g/mol. The second-order valence-corrected chi connectivity index (χ2v) is 11.4. The SMILES string of the molecule is COC(=O)CCc1ccc(N(c2[c]c3ccc(N(c4ccccc4)c4ccc(CCC(=O)OC)cc4)cc3cc2)c2ccccc2)cc1. The number of hydrogen-bond acceptors (Lipinski definition) is 6. The normalized spacial score (nSPS) is 10.8. The highest BCUT2D eigenvalue weighted by atomic mass is 16.5. The summed E-state index contributed by atoms with van der Waals surface area (Å²) < 4.78 is 9.61.